The smallest absolute Gasteiger partial charge is 0.407 e. The topological polar surface area (TPSA) is 127 Å². The molecule has 0 radical (unpaired) electrons. The van der Waals surface area contributed by atoms with Crippen molar-refractivity contribution in [3.05, 3.63) is 112 Å². The molecule has 0 bridgehead atoms. The van der Waals surface area contributed by atoms with Crippen molar-refractivity contribution in [2.24, 2.45) is 0 Å². The zero-order chi connectivity index (χ0) is 29.5. The zero-order valence-electron chi connectivity index (χ0n) is 23.0. The summed E-state index contributed by atoms with van der Waals surface area (Å²) in [5, 5.41) is 17.2. The summed E-state index contributed by atoms with van der Waals surface area (Å²) in [4.78, 5) is 41.3. The quantitative estimate of drug-likeness (QED) is 0.216. The summed E-state index contributed by atoms with van der Waals surface area (Å²) in [6.45, 7) is 2.19. The molecule has 2 atom stereocenters. The predicted octanol–water partition coefficient (Wildman–Crippen LogP) is 4.90. The molecule has 1 aliphatic rings. The van der Waals surface area contributed by atoms with Crippen molar-refractivity contribution in [3.8, 4) is 11.1 Å². The van der Waals surface area contributed by atoms with Gasteiger partial charge in [0.1, 0.15) is 11.6 Å². The molecule has 9 nitrogen and oxygen atoms in total. The first-order valence-electron chi connectivity index (χ1n) is 13.6. The number of benzene rings is 3. The summed E-state index contributed by atoms with van der Waals surface area (Å²) >= 11 is 1.29. The molecular weight excluding hydrogens is 554 g/mol. The van der Waals surface area contributed by atoms with E-state index < -0.39 is 30.1 Å². The normalized spacial score (nSPS) is 13.5. The first-order chi connectivity index (χ1) is 20.4. The van der Waals surface area contributed by atoms with Crippen LogP contribution in [0.25, 0.3) is 11.1 Å². The molecule has 0 fully saturated rings. The van der Waals surface area contributed by atoms with Gasteiger partial charge in [-0.2, -0.15) is 0 Å². The Morgan fingerprint density at radius 1 is 0.952 bits per heavy atom. The molecule has 0 saturated carbocycles. The lowest BCUT2D eigenvalue weighted by atomic mass is 9.98. The minimum Gasteiger partial charge on any atom is -0.480 e. The van der Waals surface area contributed by atoms with Crippen molar-refractivity contribution in [1.29, 1.82) is 0 Å². The third-order valence-corrected chi connectivity index (χ3v) is 7.97. The highest BCUT2D eigenvalue weighted by Gasteiger charge is 2.29. The number of carbonyl (C=O) groups excluding carboxylic acids is 2. The van der Waals surface area contributed by atoms with Crippen molar-refractivity contribution >= 4 is 29.3 Å². The van der Waals surface area contributed by atoms with E-state index in [9.17, 15) is 19.5 Å². The lowest BCUT2D eigenvalue weighted by Gasteiger charge is -2.22. The molecule has 4 aromatic rings. The summed E-state index contributed by atoms with van der Waals surface area (Å²) in [7, 11) is 0. The van der Waals surface area contributed by atoms with E-state index in [4.69, 9.17) is 9.47 Å². The van der Waals surface area contributed by atoms with Crippen LogP contribution in [0.15, 0.2) is 84.2 Å². The van der Waals surface area contributed by atoms with Crippen LogP contribution in [0.4, 0.5) is 4.79 Å². The molecule has 1 aromatic heterocycles. The third-order valence-electron chi connectivity index (χ3n) is 7.08. The molecule has 3 N–H and O–H groups in total. The maximum Gasteiger partial charge on any atom is 0.407 e. The lowest BCUT2D eigenvalue weighted by molar-refractivity contribution is -0.146. The Hall–Kier alpha value is -4.54. The van der Waals surface area contributed by atoms with Crippen LogP contribution in [0.1, 0.15) is 40.2 Å². The first-order valence-corrected chi connectivity index (χ1v) is 14.5. The monoisotopic (exact) mass is 585 g/mol. The Morgan fingerprint density at radius 2 is 1.60 bits per heavy atom. The molecule has 0 saturated heterocycles. The van der Waals surface area contributed by atoms with Crippen LogP contribution < -0.4 is 10.6 Å². The Morgan fingerprint density at radius 3 is 2.26 bits per heavy atom. The van der Waals surface area contributed by atoms with Gasteiger partial charge < -0.3 is 25.2 Å². The standard InChI is InChI=1S/C32H31N3O6S/c1-20(40-17-21-9-3-2-4-10-21)30(31(37)38)35-28(36)15-22-19-42-29(34-22)16-33-32(39)41-18-27-25-13-7-5-11-23(25)24-12-6-8-14-26(24)27/h2-14,19-20,27,30H,15-18H2,1H3,(H,33,39)(H,35,36)(H,37,38). The van der Waals surface area contributed by atoms with E-state index >= 15 is 0 Å². The number of aliphatic carboxylic acids is 1. The molecule has 0 spiro atoms. The van der Waals surface area contributed by atoms with Crippen molar-refractivity contribution in [2.45, 2.75) is 44.6 Å². The van der Waals surface area contributed by atoms with Crippen LogP contribution in [0, 0.1) is 0 Å². The second-order valence-corrected chi connectivity index (χ2v) is 10.9. The van der Waals surface area contributed by atoms with Gasteiger partial charge in [0, 0.05) is 11.3 Å². The van der Waals surface area contributed by atoms with Crippen molar-refractivity contribution < 1.29 is 29.0 Å². The van der Waals surface area contributed by atoms with E-state index in [2.05, 4.69) is 39.9 Å². The molecule has 42 heavy (non-hydrogen) atoms. The number of fused-ring (bicyclic) bond motifs is 3. The Kier molecular flexibility index (Phi) is 9.25. The fourth-order valence-electron chi connectivity index (χ4n) is 4.98. The third kappa shape index (κ3) is 7.02. The summed E-state index contributed by atoms with van der Waals surface area (Å²) in [5.74, 6) is -1.71. The summed E-state index contributed by atoms with van der Waals surface area (Å²) in [6.07, 6.45) is -1.41. The SMILES string of the molecule is CC(OCc1ccccc1)C(NC(=O)Cc1csc(CNC(=O)OCC2c3ccccc3-c3ccccc32)n1)C(=O)O. The van der Waals surface area contributed by atoms with Crippen LogP contribution >= 0.6 is 11.3 Å². The van der Waals surface area contributed by atoms with E-state index in [-0.39, 0.29) is 32.1 Å². The molecule has 1 aliphatic carbocycles. The number of carboxylic acids is 1. The number of alkyl carbamates (subject to hydrolysis) is 1. The Labute approximate surface area is 247 Å². The van der Waals surface area contributed by atoms with Gasteiger partial charge in [-0.05, 0) is 34.7 Å². The molecule has 2 unspecified atom stereocenters. The number of nitrogens with one attached hydrogen (secondary N) is 2. The van der Waals surface area contributed by atoms with E-state index in [0.717, 1.165) is 27.8 Å². The van der Waals surface area contributed by atoms with Gasteiger partial charge in [-0.25, -0.2) is 14.6 Å². The maximum atomic E-state index is 12.6. The number of rotatable bonds is 12. The van der Waals surface area contributed by atoms with Gasteiger partial charge in [0.25, 0.3) is 0 Å². The number of hydrogen-bond acceptors (Lipinski definition) is 7. The summed E-state index contributed by atoms with van der Waals surface area (Å²) < 4.78 is 11.3. The highest BCUT2D eigenvalue weighted by Crippen LogP contribution is 2.44. The van der Waals surface area contributed by atoms with Crippen LogP contribution in [0.5, 0.6) is 0 Å². The number of hydrogen-bond donors (Lipinski definition) is 3. The number of amides is 2. The van der Waals surface area contributed by atoms with Crippen molar-refractivity contribution in [3.63, 3.8) is 0 Å². The second kappa shape index (κ2) is 13.4. The average molecular weight is 586 g/mol. The molecule has 2 amide bonds. The summed E-state index contributed by atoms with van der Waals surface area (Å²) in [6, 6.07) is 24.4. The number of thiazole rings is 1. The van der Waals surface area contributed by atoms with Crippen LogP contribution in [0.3, 0.4) is 0 Å². The largest absolute Gasteiger partial charge is 0.480 e. The molecule has 5 rings (SSSR count). The van der Waals surface area contributed by atoms with Gasteiger partial charge in [-0.15, -0.1) is 11.3 Å². The van der Waals surface area contributed by atoms with Crippen molar-refractivity contribution in [1.82, 2.24) is 15.6 Å². The number of aromatic nitrogens is 1. The van der Waals surface area contributed by atoms with E-state index in [1.165, 1.54) is 11.3 Å². The van der Waals surface area contributed by atoms with E-state index in [0.29, 0.717) is 10.7 Å². The fraction of sp³-hybridized carbons (Fsp3) is 0.250. The minimum atomic E-state index is -1.21. The number of carbonyl (C=O) groups is 3. The highest BCUT2D eigenvalue weighted by molar-refractivity contribution is 7.09. The van der Waals surface area contributed by atoms with Crippen LogP contribution in [-0.2, 0) is 38.6 Å². The van der Waals surface area contributed by atoms with Crippen molar-refractivity contribution in [2.75, 3.05) is 6.61 Å². The lowest BCUT2D eigenvalue weighted by Crippen LogP contribution is -2.49. The molecule has 1 heterocycles. The fourth-order valence-corrected chi connectivity index (χ4v) is 5.71. The first kappa shape index (κ1) is 29.0. The second-order valence-electron chi connectivity index (χ2n) is 9.97. The van der Waals surface area contributed by atoms with Gasteiger partial charge in [0.2, 0.25) is 5.91 Å². The van der Waals surface area contributed by atoms with Gasteiger partial charge in [-0.1, -0.05) is 78.9 Å². The van der Waals surface area contributed by atoms with Gasteiger partial charge in [-0.3, -0.25) is 4.79 Å². The minimum absolute atomic E-state index is 0.0331. The molecule has 10 heteroatoms. The predicted molar refractivity (Wildman–Crippen MR) is 158 cm³/mol. The maximum absolute atomic E-state index is 12.6. The Bertz CT molecular complexity index is 1510. The van der Waals surface area contributed by atoms with Gasteiger partial charge in [0.15, 0.2) is 6.04 Å². The van der Waals surface area contributed by atoms with Crippen LogP contribution in [0.2, 0.25) is 0 Å². The molecule has 0 aliphatic heterocycles. The van der Waals surface area contributed by atoms with Crippen LogP contribution in [-0.4, -0.2) is 46.8 Å². The number of carboxylic acid groups (broad SMARTS) is 1. The van der Waals surface area contributed by atoms with E-state index in [1.54, 1.807) is 12.3 Å². The molecule has 216 valence electrons. The highest BCUT2D eigenvalue weighted by atomic mass is 32.1. The van der Waals surface area contributed by atoms with E-state index in [1.807, 2.05) is 54.6 Å². The number of ether oxygens (including phenoxy) is 2. The zero-order valence-corrected chi connectivity index (χ0v) is 23.8. The molecular formula is C32H31N3O6S. The summed E-state index contributed by atoms with van der Waals surface area (Å²) in [5.41, 5.74) is 5.97. The average Bonchev–Trinajstić information content (AvgIpc) is 3.58. The van der Waals surface area contributed by atoms with Gasteiger partial charge >= 0.3 is 12.1 Å². The Balaban J connectivity index is 1.08. The van der Waals surface area contributed by atoms with Gasteiger partial charge in [0.05, 0.1) is 31.4 Å². The molecule has 3 aromatic carbocycles. The number of nitrogens with zero attached hydrogens (tertiary/aromatic N) is 1.